The van der Waals surface area contributed by atoms with Crippen molar-refractivity contribution in [3.63, 3.8) is 0 Å². The highest BCUT2D eigenvalue weighted by atomic mass is 32.2. The maximum absolute atomic E-state index is 13.4. The van der Waals surface area contributed by atoms with Crippen LogP contribution in [0.2, 0.25) is 0 Å². The Balaban J connectivity index is 2.38. The number of aromatic nitrogens is 2. The molecule has 1 aromatic heterocycles. The molecule has 0 aliphatic rings. The Morgan fingerprint density at radius 3 is 2.74 bits per heavy atom. The predicted molar refractivity (Wildman–Crippen MR) is 88.0 cm³/mol. The number of hydrogen-bond donors (Lipinski definition) is 0. The number of ether oxygens (including phenoxy) is 1. The first kappa shape index (κ1) is 17.5. The quantitative estimate of drug-likeness (QED) is 0.734. The van der Waals surface area contributed by atoms with Gasteiger partial charge in [-0.3, -0.25) is 4.79 Å². The minimum absolute atomic E-state index is 0.145. The van der Waals surface area contributed by atoms with Crippen molar-refractivity contribution >= 4 is 17.7 Å². The maximum atomic E-state index is 13.4. The van der Waals surface area contributed by atoms with Gasteiger partial charge in [0.25, 0.3) is 0 Å². The fourth-order valence-electron chi connectivity index (χ4n) is 2.39. The number of carbonyl (C=O) groups excluding carboxylic acids is 1. The van der Waals surface area contributed by atoms with Crippen LogP contribution in [0.5, 0.6) is 0 Å². The lowest BCUT2D eigenvalue weighted by Crippen LogP contribution is -2.10. The molecule has 0 saturated heterocycles. The molecule has 4 nitrogen and oxygen atoms in total. The van der Waals surface area contributed by atoms with E-state index in [0.717, 1.165) is 22.2 Å². The summed E-state index contributed by atoms with van der Waals surface area (Å²) in [7, 11) is 0. The van der Waals surface area contributed by atoms with E-state index in [1.807, 2.05) is 13.0 Å². The van der Waals surface area contributed by atoms with Crippen molar-refractivity contribution in [2.24, 2.45) is 0 Å². The Hall–Kier alpha value is -1.82. The average molecular weight is 336 g/mol. The van der Waals surface area contributed by atoms with E-state index in [1.165, 1.54) is 30.8 Å². The number of hydrogen-bond acceptors (Lipinski definition) is 4. The zero-order valence-electron chi connectivity index (χ0n) is 13.8. The van der Waals surface area contributed by atoms with E-state index in [9.17, 15) is 9.18 Å². The maximum Gasteiger partial charge on any atom is 0.303 e. The molecule has 0 spiro atoms. The largest absolute Gasteiger partial charge is 0.458 e. The minimum atomic E-state index is -0.332. The zero-order valence-corrected chi connectivity index (χ0v) is 14.6. The SMILES string of the molecule is CCn1c(COC(C)=O)nc(Sc2cccc(F)c2)c1C(C)C. The molecule has 2 aromatic rings. The van der Waals surface area contributed by atoms with E-state index in [-0.39, 0.29) is 24.3 Å². The van der Waals surface area contributed by atoms with Gasteiger partial charge in [0, 0.05) is 18.4 Å². The molecule has 0 aliphatic carbocycles. The van der Waals surface area contributed by atoms with Gasteiger partial charge in [0.05, 0.1) is 5.69 Å². The Labute approximate surface area is 140 Å². The van der Waals surface area contributed by atoms with Crippen LogP contribution in [0, 0.1) is 5.82 Å². The number of halogens is 1. The number of imidazole rings is 1. The third-order valence-corrected chi connectivity index (χ3v) is 4.31. The predicted octanol–water partition coefficient (Wildman–Crippen LogP) is 4.38. The van der Waals surface area contributed by atoms with E-state index in [2.05, 4.69) is 23.4 Å². The Bertz CT molecular complexity index is 698. The molecule has 0 radical (unpaired) electrons. The van der Waals surface area contributed by atoms with Crippen LogP contribution in [-0.4, -0.2) is 15.5 Å². The van der Waals surface area contributed by atoms with Crippen molar-refractivity contribution in [1.82, 2.24) is 9.55 Å². The number of esters is 1. The lowest BCUT2D eigenvalue weighted by Gasteiger charge is -2.13. The number of benzene rings is 1. The summed E-state index contributed by atoms with van der Waals surface area (Å²) < 4.78 is 20.6. The highest BCUT2D eigenvalue weighted by molar-refractivity contribution is 7.99. The molecule has 0 N–H and O–H groups in total. The van der Waals surface area contributed by atoms with Gasteiger partial charge in [0.15, 0.2) is 0 Å². The van der Waals surface area contributed by atoms with Crippen LogP contribution in [0.3, 0.4) is 0 Å². The van der Waals surface area contributed by atoms with Gasteiger partial charge < -0.3 is 9.30 Å². The van der Waals surface area contributed by atoms with Gasteiger partial charge in [-0.05, 0) is 31.0 Å². The summed E-state index contributed by atoms with van der Waals surface area (Å²) >= 11 is 1.43. The summed E-state index contributed by atoms with van der Waals surface area (Å²) in [6, 6.07) is 6.45. The Morgan fingerprint density at radius 1 is 1.43 bits per heavy atom. The molecule has 1 heterocycles. The van der Waals surface area contributed by atoms with Gasteiger partial charge in [-0.15, -0.1) is 0 Å². The van der Waals surface area contributed by atoms with Crippen molar-refractivity contribution in [3.05, 3.63) is 41.6 Å². The third-order valence-electron chi connectivity index (χ3n) is 3.33. The number of carbonyl (C=O) groups is 1. The summed E-state index contributed by atoms with van der Waals surface area (Å²) in [5.74, 6) is 0.368. The molecule has 0 unspecified atom stereocenters. The van der Waals surface area contributed by atoms with E-state index < -0.39 is 0 Å². The second kappa shape index (κ2) is 7.64. The monoisotopic (exact) mass is 336 g/mol. The number of rotatable bonds is 6. The van der Waals surface area contributed by atoms with Crippen LogP contribution < -0.4 is 0 Å². The van der Waals surface area contributed by atoms with Crippen molar-refractivity contribution in [2.75, 3.05) is 0 Å². The molecule has 124 valence electrons. The van der Waals surface area contributed by atoms with Crippen LogP contribution in [0.15, 0.2) is 34.2 Å². The van der Waals surface area contributed by atoms with E-state index >= 15 is 0 Å². The van der Waals surface area contributed by atoms with Crippen molar-refractivity contribution < 1.29 is 13.9 Å². The van der Waals surface area contributed by atoms with Crippen LogP contribution >= 0.6 is 11.8 Å². The van der Waals surface area contributed by atoms with Gasteiger partial charge in [-0.1, -0.05) is 31.7 Å². The normalized spacial score (nSPS) is 11.0. The minimum Gasteiger partial charge on any atom is -0.458 e. The Morgan fingerprint density at radius 2 is 2.17 bits per heavy atom. The fraction of sp³-hybridized carbons (Fsp3) is 0.412. The van der Waals surface area contributed by atoms with Crippen LogP contribution in [-0.2, 0) is 22.7 Å². The average Bonchev–Trinajstić information content (AvgIpc) is 2.82. The van der Waals surface area contributed by atoms with Gasteiger partial charge >= 0.3 is 5.97 Å². The van der Waals surface area contributed by atoms with Crippen LogP contribution in [0.4, 0.5) is 4.39 Å². The molecule has 0 fully saturated rings. The lowest BCUT2D eigenvalue weighted by atomic mass is 10.1. The molecule has 0 atom stereocenters. The molecule has 0 saturated carbocycles. The fourth-order valence-corrected chi connectivity index (χ4v) is 3.54. The summed E-state index contributed by atoms with van der Waals surface area (Å²) in [6.45, 7) is 8.47. The van der Waals surface area contributed by atoms with Crippen LogP contribution in [0.25, 0.3) is 0 Å². The first-order chi connectivity index (χ1) is 10.9. The lowest BCUT2D eigenvalue weighted by molar-refractivity contribution is -0.142. The Kier molecular flexibility index (Phi) is 5.82. The molecule has 0 amide bonds. The van der Waals surface area contributed by atoms with Gasteiger partial charge in [0.1, 0.15) is 23.3 Å². The molecule has 6 heteroatoms. The van der Waals surface area contributed by atoms with Gasteiger partial charge in [-0.2, -0.15) is 0 Å². The van der Waals surface area contributed by atoms with E-state index in [0.29, 0.717) is 5.82 Å². The highest BCUT2D eigenvalue weighted by Gasteiger charge is 2.20. The summed E-state index contributed by atoms with van der Waals surface area (Å²) in [4.78, 5) is 16.5. The molecule has 23 heavy (non-hydrogen) atoms. The van der Waals surface area contributed by atoms with E-state index in [4.69, 9.17) is 4.74 Å². The summed E-state index contributed by atoms with van der Waals surface area (Å²) in [5.41, 5.74) is 1.07. The van der Waals surface area contributed by atoms with Crippen molar-refractivity contribution in [1.29, 1.82) is 0 Å². The second-order valence-electron chi connectivity index (χ2n) is 5.46. The smallest absolute Gasteiger partial charge is 0.303 e. The third kappa shape index (κ3) is 4.34. The zero-order chi connectivity index (χ0) is 17.0. The molecular weight excluding hydrogens is 315 g/mol. The van der Waals surface area contributed by atoms with E-state index in [1.54, 1.807) is 6.07 Å². The standard InChI is InChI=1S/C17H21FN2O2S/c1-5-20-15(10-22-12(4)21)19-17(16(20)11(2)3)23-14-8-6-7-13(18)9-14/h6-9,11H,5,10H2,1-4H3. The second-order valence-corrected chi connectivity index (χ2v) is 6.52. The molecule has 1 aromatic carbocycles. The molecular formula is C17H21FN2O2S. The first-order valence-electron chi connectivity index (χ1n) is 7.58. The van der Waals surface area contributed by atoms with Crippen molar-refractivity contribution in [3.8, 4) is 0 Å². The number of nitrogens with zero attached hydrogens (tertiary/aromatic N) is 2. The van der Waals surface area contributed by atoms with Crippen molar-refractivity contribution in [2.45, 2.75) is 56.7 Å². The van der Waals surface area contributed by atoms with Crippen LogP contribution in [0.1, 0.15) is 45.1 Å². The summed E-state index contributed by atoms with van der Waals surface area (Å²) in [5, 5.41) is 0.828. The highest BCUT2D eigenvalue weighted by Crippen LogP contribution is 2.34. The first-order valence-corrected chi connectivity index (χ1v) is 8.40. The molecule has 0 bridgehead atoms. The molecule has 0 aliphatic heterocycles. The topological polar surface area (TPSA) is 44.1 Å². The van der Waals surface area contributed by atoms with Gasteiger partial charge in [-0.25, -0.2) is 9.37 Å². The summed E-state index contributed by atoms with van der Waals surface area (Å²) in [6.07, 6.45) is 0. The molecule has 2 rings (SSSR count). The van der Waals surface area contributed by atoms with Gasteiger partial charge in [0.2, 0.25) is 0 Å².